The summed E-state index contributed by atoms with van der Waals surface area (Å²) in [4.78, 5) is 29.9. The Morgan fingerprint density at radius 3 is 2.55 bits per heavy atom. The predicted octanol–water partition coefficient (Wildman–Crippen LogP) is 5.32. The minimum absolute atomic E-state index is 0.0253. The summed E-state index contributed by atoms with van der Waals surface area (Å²) in [6, 6.07) is 12.9. The maximum absolute atomic E-state index is 12.7. The lowest BCUT2D eigenvalue weighted by Crippen LogP contribution is -2.15. The van der Waals surface area contributed by atoms with Crippen LogP contribution in [0.1, 0.15) is 28.1 Å². The summed E-state index contributed by atoms with van der Waals surface area (Å²) in [5.74, 6) is -0.231. The van der Waals surface area contributed by atoms with Crippen molar-refractivity contribution in [1.82, 2.24) is 4.98 Å². The number of alkyl halides is 2. The van der Waals surface area contributed by atoms with Gasteiger partial charge in [-0.1, -0.05) is 6.07 Å². The number of ether oxygens (including phenoxy) is 1. The Morgan fingerprint density at radius 1 is 1.13 bits per heavy atom. The van der Waals surface area contributed by atoms with Gasteiger partial charge in [-0.15, -0.1) is 11.3 Å². The number of amides is 2. The highest BCUT2D eigenvalue weighted by molar-refractivity contribution is 7.16. The summed E-state index contributed by atoms with van der Waals surface area (Å²) in [6.45, 7) is -1.02. The number of carbonyl (C=O) groups is 2. The summed E-state index contributed by atoms with van der Waals surface area (Å²) < 4.78 is 29.0. The number of hydrogen-bond donors (Lipinski definition) is 2. The Kier molecular flexibility index (Phi) is 5.94. The molecule has 0 atom stereocenters. The molecule has 160 valence electrons. The van der Waals surface area contributed by atoms with Crippen molar-refractivity contribution in [3.63, 3.8) is 0 Å². The monoisotopic (exact) mass is 443 g/mol. The van der Waals surface area contributed by atoms with Crippen molar-refractivity contribution in [1.29, 1.82) is 0 Å². The third-order valence-corrected chi connectivity index (χ3v) is 5.60. The second-order valence-corrected chi connectivity index (χ2v) is 8.33. The molecule has 2 amide bonds. The molecule has 0 aliphatic heterocycles. The lowest BCUT2D eigenvalue weighted by Gasteiger charge is -2.07. The van der Waals surface area contributed by atoms with Crippen LogP contribution in [0.5, 0.6) is 5.75 Å². The largest absolute Gasteiger partial charge is 0.435 e. The van der Waals surface area contributed by atoms with Crippen LogP contribution in [0.15, 0.2) is 48.5 Å². The first kappa shape index (κ1) is 20.9. The Labute approximate surface area is 181 Å². The van der Waals surface area contributed by atoms with E-state index in [9.17, 15) is 18.4 Å². The van der Waals surface area contributed by atoms with E-state index in [1.165, 1.54) is 23.5 Å². The summed E-state index contributed by atoms with van der Waals surface area (Å²) >= 11 is 1.31. The molecule has 9 heteroatoms. The first-order valence-electron chi connectivity index (χ1n) is 9.64. The van der Waals surface area contributed by atoms with Crippen molar-refractivity contribution in [2.45, 2.75) is 26.4 Å². The van der Waals surface area contributed by atoms with Crippen LogP contribution >= 0.6 is 11.3 Å². The molecule has 0 unspecified atom stereocenters. The standard InChI is InChI=1S/C22H19F2N3O3S/c1-12-18(13-7-9-17(10-8-13)30-21(23)24)26-22(31-12)27-20(29)15-3-2-4-16(11-15)25-19(28)14-5-6-14/h2-4,7-11,14,21H,5-6H2,1H3,(H,25,28)(H,26,27,29). The molecule has 1 saturated carbocycles. The summed E-state index contributed by atoms with van der Waals surface area (Å²) in [6.07, 6.45) is 1.80. The van der Waals surface area contributed by atoms with E-state index in [0.717, 1.165) is 23.3 Å². The minimum Gasteiger partial charge on any atom is -0.435 e. The lowest BCUT2D eigenvalue weighted by atomic mass is 10.1. The van der Waals surface area contributed by atoms with E-state index >= 15 is 0 Å². The van der Waals surface area contributed by atoms with Crippen LogP contribution in [0.3, 0.4) is 0 Å². The molecule has 1 aromatic heterocycles. The molecular formula is C22H19F2N3O3S. The van der Waals surface area contributed by atoms with E-state index in [0.29, 0.717) is 22.1 Å². The van der Waals surface area contributed by atoms with Gasteiger partial charge < -0.3 is 10.1 Å². The van der Waals surface area contributed by atoms with Gasteiger partial charge in [0.25, 0.3) is 5.91 Å². The van der Waals surface area contributed by atoms with Gasteiger partial charge >= 0.3 is 6.61 Å². The molecule has 0 bridgehead atoms. The second-order valence-electron chi connectivity index (χ2n) is 7.13. The summed E-state index contributed by atoms with van der Waals surface area (Å²) in [5.41, 5.74) is 2.35. The SMILES string of the molecule is Cc1sc(NC(=O)c2cccc(NC(=O)C3CC3)c2)nc1-c1ccc(OC(F)F)cc1. The van der Waals surface area contributed by atoms with Crippen molar-refractivity contribution >= 4 is 34.0 Å². The van der Waals surface area contributed by atoms with Crippen molar-refractivity contribution in [3.8, 4) is 17.0 Å². The van der Waals surface area contributed by atoms with E-state index in [-0.39, 0.29) is 23.5 Å². The number of aryl methyl sites for hydroxylation is 1. The fraction of sp³-hybridized carbons (Fsp3) is 0.227. The molecule has 2 aromatic carbocycles. The van der Waals surface area contributed by atoms with Crippen LogP contribution in [0.25, 0.3) is 11.3 Å². The number of hydrogen-bond acceptors (Lipinski definition) is 5. The molecular weight excluding hydrogens is 424 g/mol. The van der Waals surface area contributed by atoms with Crippen LogP contribution < -0.4 is 15.4 Å². The average molecular weight is 443 g/mol. The van der Waals surface area contributed by atoms with E-state index < -0.39 is 6.61 Å². The third kappa shape index (κ3) is 5.24. The predicted molar refractivity (Wildman–Crippen MR) is 115 cm³/mol. The Bertz CT molecular complexity index is 1110. The van der Waals surface area contributed by atoms with E-state index in [2.05, 4.69) is 20.4 Å². The molecule has 1 aliphatic carbocycles. The van der Waals surface area contributed by atoms with E-state index in [4.69, 9.17) is 0 Å². The van der Waals surface area contributed by atoms with Crippen molar-refractivity contribution in [2.24, 2.45) is 5.92 Å². The molecule has 0 saturated heterocycles. The number of anilines is 2. The van der Waals surface area contributed by atoms with E-state index in [1.54, 1.807) is 36.4 Å². The molecule has 31 heavy (non-hydrogen) atoms. The fourth-order valence-corrected chi connectivity index (χ4v) is 3.84. The Morgan fingerprint density at radius 2 is 1.87 bits per heavy atom. The van der Waals surface area contributed by atoms with Gasteiger partial charge in [-0.05, 0) is 62.2 Å². The number of nitrogens with zero attached hydrogens (tertiary/aromatic N) is 1. The number of carbonyl (C=O) groups excluding carboxylic acids is 2. The van der Waals surface area contributed by atoms with Crippen LogP contribution in [-0.4, -0.2) is 23.4 Å². The molecule has 1 heterocycles. The molecule has 0 spiro atoms. The number of rotatable bonds is 7. The zero-order chi connectivity index (χ0) is 22.0. The zero-order valence-corrected chi connectivity index (χ0v) is 17.3. The second kappa shape index (κ2) is 8.81. The fourth-order valence-electron chi connectivity index (χ4n) is 3.01. The highest BCUT2D eigenvalue weighted by Gasteiger charge is 2.29. The van der Waals surface area contributed by atoms with Crippen molar-refractivity contribution in [2.75, 3.05) is 10.6 Å². The quantitative estimate of drug-likeness (QED) is 0.518. The number of benzene rings is 2. The van der Waals surface area contributed by atoms with Crippen LogP contribution in [0, 0.1) is 12.8 Å². The number of thiazole rings is 1. The number of nitrogens with one attached hydrogen (secondary N) is 2. The number of halogens is 2. The van der Waals surface area contributed by atoms with Crippen molar-refractivity contribution in [3.05, 3.63) is 59.0 Å². The number of aromatic nitrogens is 1. The molecule has 3 aromatic rings. The van der Waals surface area contributed by atoms with Gasteiger partial charge in [0.15, 0.2) is 5.13 Å². The minimum atomic E-state index is -2.88. The first-order chi connectivity index (χ1) is 14.9. The van der Waals surface area contributed by atoms with Crippen LogP contribution in [0.2, 0.25) is 0 Å². The Balaban J connectivity index is 1.45. The lowest BCUT2D eigenvalue weighted by molar-refractivity contribution is -0.117. The van der Waals surface area contributed by atoms with E-state index in [1.807, 2.05) is 6.92 Å². The molecule has 4 rings (SSSR count). The molecule has 0 radical (unpaired) electrons. The zero-order valence-electron chi connectivity index (χ0n) is 16.5. The third-order valence-electron chi connectivity index (χ3n) is 4.71. The van der Waals surface area contributed by atoms with Gasteiger partial charge in [0.1, 0.15) is 5.75 Å². The van der Waals surface area contributed by atoms with Crippen molar-refractivity contribution < 1.29 is 23.1 Å². The van der Waals surface area contributed by atoms with Gasteiger partial charge in [0.2, 0.25) is 5.91 Å². The molecule has 2 N–H and O–H groups in total. The molecule has 1 aliphatic rings. The first-order valence-corrected chi connectivity index (χ1v) is 10.5. The van der Waals surface area contributed by atoms with Gasteiger partial charge in [-0.25, -0.2) is 4.98 Å². The Hall–Kier alpha value is -3.33. The summed E-state index contributed by atoms with van der Waals surface area (Å²) in [5, 5.41) is 6.01. The van der Waals surface area contributed by atoms with Gasteiger partial charge in [0, 0.05) is 27.6 Å². The maximum Gasteiger partial charge on any atom is 0.387 e. The molecule has 1 fully saturated rings. The molecule has 6 nitrogen and oxygen atoms in total. The maximum atomic E-state index is 12.7. The summed E-state index contributed by atoms with van der Waals surface area (Å²) in [7, 11) is 0. The highest BCUT2D eigenvalue weighted by atomic mass is 32.1. The normalized spacial score (nSPS) is 13.2. The topological polar surface area (TPSA) is 80.3 Å². The van der Waals surface area contributed by atoms with Crippen LogP contribution in [0.4, 0.5) is 19.6 Å². The highest BCUT2D eigenvalue weighted by Crippen LogP contribution is 2.32. The van der Waals surface area contributed by atoms with Crippen LogP contribution in [-0.2, 0) is 4.79 Å². The van der Waals surface area contributed by atoms with Gasteiger partial charge in [-0.2, -0.15) is 8.78 Å². The smallest absolute Gasteiger partial charge is 0.387 e. The average Bonchev–Trinajstić information content (AvgIpc) is 3.52. The van der Waals surface area contributed by atoms with Gasteiger partial charge in [0.05, 0.1) is 5.69 Å². The van der Waals surface area contributed by atoms with Gasteiger partial charge in [-0.3, -0.25) is 14.9 Å².